The molecule has 1 aliphatic rings. The van der Waals surface area contributed by atoms with E-state index >= 15 is 0 Å². The Bertz CT molecular complexity index is 551. The largest absolute Gasteiger partial charge is 0.379 e. The Kier molecular flexibility index (Phi) is 3.61. The van der Waals surface area contributed by atoms with Gasteiger partial charge >= 0.3 is 0 Å². The van der Waals surface area contributed by atoms with Gasteiger partial charge in [-0.15, -0.1) is 0 Å². The number of fused-ring (bicyclic) bond motifs is 1. The quantitative estimate of drug-likeness (QED) is 0.877. The van der Waals surface area contributed by atoms with Gasteiger partial charge in [-0.05, 0) is 18.2 Å². The monoisotopic (exact) mass is 264 g/mol. The maximum absolute atomic E-state index is 13.1. The van der Waals surface area contributed by atoms with Crippen molar-refractivity contribution in [3.05, 3.63) is 24.0 Å². The first kappa shape index (κ1) is 12.4. The standard InChI is InChI=1S/C13H17FN4O/c14-10-1-2-11-12(9-10)17-13(16-11)15-3-4-18-5-7-19-8-6-18/h1-2,9H,3-8H2,(H2,15,16,17). The zero-order chi connectivity index (χ0) is 13.1. The van der Waals surface area contributed by atoms with Crippen LogP contribution < -0.4 is 5.32 Å². The van der Waals surface area contributed by atoms with Crippen LogP contribution in [-0.4, -0.2) is 54.3 Å². The zero-order valence-electron chi connectivity index (χ0n) is 10.7. The SMILES string of the molecule is Fc1ccc2nc(NCCN3CCOCC3)[nH]c2c1. The molecular weight excluding hydrogens is 247 g/mol. The lowest BCUT2D eigenvalue weighted by molar-refractivity contribution is 0.0398. The third kappa shape index (κ3) is 3.02. The number of nitrogens with zero attached hydrogens (tertiary/aromatic N) is 2. The highest BCUT2D eigenvalue weighted by molar-refractivity contribution is 5.77. The van der Waals surface area contributed by atoms with E-state index in [1.54, 1.807) is 6.07 Å². The highest BCUT2D eigenvalue weighted by Gasteiger charge is 2.09. The van der Waals surface area contributed by atoms with E-state index in [0.717, 1.165) is 44.9 Å². The van der Waals surface area contributed by atoms with Crippen molar-refractivity contribution in [2.45, 2.75) is 0 Å². The molecule has 1 saturated heterocycles. The molecule has 2 aromatic rings. The summed E-state index contributed by atoms with van der Waals surface area (Å²) in [5, 5.41) is 3.23. The number of H-pyrrole nitrogens is 1. The normalized spacial score (nSPS) is 16.9. The number of benzene rings is 1. The molecule has 0 atom stereocenters. The van der Waals surface area contributed by atoms with Crippen molar-refractivity contribution in [3.8, 4) is 0 Å². The van der Waals surface area contributed by atoms with Gasteiger partial charge in [0.2, 0.25) is 5.95 Å². The maximum Gasteiger partial charge on any atom is 0.201 e. The van der Waals surface area contributed by atoms with Gasteiger partial charge in [0.15, 0.2) is 0 Å². The van der Waals surface area contributed by atoms with Crippen LogP contribution in [0.2, 0.25) is 0 Å². The number of aromatic amines is 1. The predicted molar refractivity (Wildman–Crippen MR) is 71.8 cm³/mol. The summed E-state index contributed by atoms with van der Waals surface area (Å²) in [6.45, 7) is 5.34. The molecule has 1 fully saturated rings. The van der Waals surface area contributed by atoms with Crippen LogP contribution in [0, 0.1) is 5.82 Å². The first-order valence-corrected chi connectivity index (χ1v) is 6.50. The molecule has 0 aliphatic carbocycles. The number of rotatable bonds is 4. The molecule has 0 spiro atoms. The van der Waals surface area contributed by atoms with Gasteiger partial charge in [-0.3, -0.25) is 4.90 Å². The third-order valence-corrected chi connectivity index (χ3v) is 3.27. The fraction of sp³-hybridized carbons (Fsp3) is 0.462. The Balaban J connectivity index is 1.56. The Hall–Kier alpha value is -1.66. The van der Waals surface area contributed by atoms with E-state index in [2.05, 4.69) is 20.2 Å². The zero-order valence-corrected chi connectivity index (χ0v) is 10.7. The summed E-state index contributed by atoms with van der Waals surface area (Å²) in [5.41, 5.74) is 1.49. The minimum Gasteiger partial charge on any atom is -0.379 e. The molecule has 5 nitrogen and oxygen atoms in total. The number of aromatic nitrogens is 2. The second-order valence-electron chi connectivity index (χ2n) is 4.63. The molecule has 1 aromatic heterocycles. The van der Waals surface area contributed by atoms with Crippen molar-refractivity contribution >= 4 is 17.0 Å². The second kappa shape index (κ2) is 5.54. The van der Waals surface area contributed by atoms with Crippen molar-refractivity contribution in [2.75, 3.05) is 44.7 Å². The van der Waals surface area contributed by atoms with E-state index in [0.29, 0.717) is 11.5 Å². The fourth-order valence-electron chi connectivity index (χ4n) is 2.22. The summed E-state index contributed by atoms with van der Waals surface area (Å²) in [6, 6.07) is 4.55. The Morgan fingerprint density at radius 1 is 1.37 bits per heavy atom. The van der Waals surface area contributed by atoms with Gasteiger partial charge in [0, 0.05) is 26.2 Å². The molecule has 102 valence electrons. The Labute approximate surface area is 110 Å². The number of ether oxygens (including phenoxy) is 1. The van der Waals surface area contributed by atoms with Crippen LogP contribution in [0.3, 0.4) is 0 Å². The molecule has 1 aromatic carbocycles. The highest BCUT2D eigenvalue weighted by Crippen LogP contribution is 2.15. The van der Waals surface area contributed by atoms with Crippen LogP contribution >= 0.6 is 0 Å². The molecule has 6 heteroatoms. The van der Waals surface area contributed by atoms with Gasteiger partial charge in [0.1, 0.15) is 5.82 Å². The van der Waals surface area contributed by atoms with E-state index in [-0.39, 0.29) is 5.82 Å². The Morgan fingerprint density at radius 2 is 2.21 bits per heavy atom. The van der Waals surface area contributed by atoms with Gasteiger partial charge < -0.3 is 15.0 Å². The maximum atomic E-state index is 13.1. The summed E-state index contributed by atoms with van der Waals surface area (Å²) in [4.78, 5) is 9.77. The van der Waals surface area contributed by atoms with Gasteiger partial charge in [0.05, 0.1) is 24.2 Å². The highest BCUT2D eigenvalue weighted by atomic mass is 19.1. The van der Waals surface area contributed by atoms with E-state index in [4.69, 9.17) is 4.74 Å². The minimum atomic E-state index is -0.254. The van der Waals surface area contributed by atoms with Crippen molar-refractivity contribution < 1.29 is 9.13 Å². The average Bonchev–Trinajstić information content (AvgIpc) is 2.82. The summed E-state index contributed by atoms with van der Waals surface area (Å²) >= 11 is 0. The van der Waals surface area contributed by atoms with Crippen LogP contribution in [0.4, 0.5) is 10.3 Å². The third-order valence-electron chi connectivity index (χ3n) is 3.27. The molecule has 0 bridgehead atoms. The fourth-order valence-corrected chi connectivity index (χ4v) is 2.22. The Morgan fingerprint density at radius 3 is 3.05 bits per heavy atom. The summed E-state index contributed by atoms with van der Waals surface area (Å²) in [6.07, 6.45) is 0. The van der Waals surface area contributed by atoms with Crippen LogP contribution in [0.15, 0.2) is 18.2 Å². The lowest BCUT2D eigenvalue weighted by Crippen LogP contribution is -2.39. The first-order valence-electron chi connectivity index (χ1n) is 6.50. The van der Waals surface area contributed by atoms with Crippen molar-refractivity contribution in [3.63, 3.8) is 0 Å². The number of anilines is 1. The minimum absolute atomic E-state index is 0.254. The van der Waals surface area contributed by atoms with Crippen LogP contribution in [0.25, 0.3) is 11.0 Å². The van der Waals surface area contributed by atoms with Gasteiger partial charge in [-0.25, -0.2) is 9.37 Å². The average molecular weight is 264 g/mol. The number of nitrogens with one attached hydrogen (secondary N) is 2. The van der Waals surface area contributed by atoms with Crippen LogP contribution in [0.1, 0.15) is 0 Å². The molecule has 19 heavy (non-hydrogen) atoms. The number of morpholine rings is 1. The second-order valence-corrected chi connectivity index (χ2v) is 4.63. The molecule has 0 unspecified atom stereocenters. The van der Waals surface area contributed by atoms with E-state index in [9.17, 15) is 4.39 Å². The summed E-state index contributed by atoms with van der Waals surface area (Å²) in [5.74, 6) is 0.435. The van der Waals surface area contributed by atoms with E-state index < -0.39 is 0 Å². The number of halogens is 1. The molecule has 3 rings (SSSR count). The van der Waals surface area contributed by atoms with Crippen LogP contribution in [0.5, 0.6) is 0 Å². The predicted octanol–water partition coefficient (Wildman–Crippen LogP) is 1.45. The number of hydrogen-bond donors (Lipinski definition) is 2. The van der Waals surface area contributed by atoms with Gasteiger partial charge in [0.25, 0.3) is 0 Å². The van der Waals surface area contributed by atoms with E-state index in [1.165, 1.54) is 12.1 Å². The van der Waals surface area contributed by atoms with Gasteiger partial charge in [-0.1, -0.05) is 0 Å². The van der Waals surface area contributed by atoms with Crippen molar-refractivity contribution in [2.24, 2.45) is 0 Å². The van der Waals surface area contributed by atoms with E-state index in [1.807, 2.05) is 0 Å². The lowest BCUT2D eigenvalue weighted by Gasteiger charge is -2.26. The van der Waals surface area contributed by atoms with Crippen molar-refractivity contribution in [1.82, 2.24) is 14.9 Å². The summed E-state index contributed by atoms with van der Waals surface area (Å²) in [7, 11) is 0. The molecular formula is C13H17FN4O. The van der Waals surface area contributed by atoms with Crippen molar-refractivity contribution in [1.29, 1.82) is 0 Å². The molecule has 0 radical (unpaired) electrons. The topological polar surface area (TPSA) is 53.2 Å². The lowest BCUT2D eigenvalue weighted by atomic mass is 10.3. The molecule has 1 aliphatic heterocycles. The molecule has 2 heterocycles. The first-order chi connectivity index (χ1) is 9.31. The molecule has 0 amide bonds. The summed E-state index contributed by atoms with van der Waals surface area (Å²) < 4.78 is 18.4. The smallest absolute Gasteiger partial charge is 0.201 e. The van der Waals surface area contributed by atoms with Gasteiger partial charge in [-0.2, -0.15) is 0 Å². The number of hydrogen-bond acceptors (Lipinski definition) is 4. The molecule has 2 N–H and O–H groups in total. The number of imidazole rings is 1. The molecule has 0 saturated carbocycles. The van der Waals surface area contributed by atoms with Crippen LogP contribution in [-0.2, 0) is 4.74 Å².